The molecule has 0 aliphatic heterocycles. The van der Waals surface area contributed by atoms with E-state index in [1.54, 1.807) is 0 Å². The van der Waals surface area contributed by atoms with Gasteiger partial charge in [-0.25, -0.2) is 0 Å². The molecule has 0 bridgehead atoms. The first-order valence-electron chi connectivity index (χ1n) is 7.14. The molecular weight excluding hydrogens is 258 g/mol. The van der Waals surface area contributed by atoms with Gasteiger partial charge >= 0.3 is 0 Å². The maximum Gasteiger partial charge on any atom is 0.0951 e. The maximum absolute atomic E-state index is 6.01. The average Bonchev–Trinajstić information content (AvgIpc) is 2.53. The van der Waals surface area contributed by atoms with Gasteiger partial charge in [-0.15, -0.1) is 0 Å². The largest absolute Gasteiger partial charge is 0.397 e. The van der Waals surface area contributed by atoms with Crippen LogP contribution in [0.3, 0.4) is 0 Å². The zero-order chi connectivity index (χ0) is 14.7. The van der Waals surface area contributed by atoms with Crippen LogP contribution in [0.25, 0.3) is 10.9 Å². The lowest BCUT2D eigenvalue weighted by molar-refractivity contribution is 0.879. The number of para-hydroxylation sites is 1. The highest BCUT2D eigenvalue weighted by molar-refractivity contribution is 5.97. The Balaban J connectivity index is 1.85. The van der Waals surface area contributed by atoms with Crippen molar-refractivity contribution in [2.45, 2.75) is 6.42 Å². The number of nitrogens with zero attached hydrogens (tertiary/aromatic N) is 2. The molecule has 0 radical (unpaired) electrons. The van der Waals surface area contributed by atoms with Crippen molar-refractivity contribution in [2.75, 3.05) is 24.2 Å². The van der Waals surface area contributed by atoms with Gasteiger partial charge in [0.1, 0.15) is 0 Å². The third-order valence-electron chi connectivity index (χ3n) is 3.77. The predicted octanol–water partition coefficient (Wildman–Crippen LogP) is 3.50. The Hall–Kier alpha value is -2.55. The van der Waals surface area contributed by atoms with Crippen molar-refractivity contribution in [3.63, 3.8) is 0 Å². The SMILES string of the molecule is CN(CCc1ccccc1)c1ccnc2c(N)cccc12. The summed E-state index contributed by atoms with van der Waals surface area (Å²) in [6.45, 7) is 0.956. The van der Waals surface area contributed by atoms with Crippen molar-refractivity contribution in [1.82, 2.24) is 4.98 Å². The van der Waals surface area contributed by atoms with Crippen LogP contribution in [0.4, 0.5) is 11.4 Å². The fourth-order valence-corrected chi connectivity index (χ4v) is 2.58. The van der Waals surface area contributed by atoms with Crippen LogP contribution in [-0.2, 0) is 6.42 Å². The number of nitrogens with two attached hydrogens (primary N) is 1. The summed E-state index contributed by atoms with van der Waals surface area (Å²) in [7, 11) is 2.11. The van der Waals surface area contributed by atoms with E-state index in [9.17, 15) is 0 Å². The molecule has 0 atom stereocenters. The second-order valence-corrected chi connectivity index (χ2v) is 5.23. The molecule has 2 N–H and O–H groups in total. The molecule has 0 saturated carbocycles. The van der Waals surface area contributed by atoms with Crippen molar-refractivity contribution in [1.29, 1.82) is 0 Å². The van der Waals surface area contributed by atoms with Gasteiger partial charge in [-0.1, -0.05) is 42.5 Å². The van der Waals surface area contributed by atoms with Crippen molar-refractivity contribution in [3.05, 3.63) is 66.4 Å². The number of hydrogen-bond donors (Lipinski definition) is 1. The van der Waals surface area contributed by atoms with E-state index in [1.165, 1.54) is 11.3 Å². The Morgan fingerprint density at radius 2 is 1.81 bits per heavy atom. The van der Waals surface area contributed by atoms with Gasteiger partial charge in [0.25, 0.3) is 0 Å². The third-order valence-corrected chi connectivity index (χ3v) is 3.77. The van der Waals surface area contributed by atoms with Crippen LogP contribution in [0.15, 0.2) is 60.8 Å². The van der Waals surface area contributed by atoms with Gasteiger partial charge in [-0.05, 0) is 24.1 Å². The number of likely N-dealkylation sites (N-methyl/N-ethyl adjacent to an activating group) is 1. The topological polar surface area (TPSA) is 42.2 Å². The molecule has 0 unspecified atom stereocenters. The number of fused-ring (bicyclic) bond motifs is 1. The monoisotopic (exact) mass is 277 g/mol. The van der Waals surface area contributed by atoms with Gasteiger partial charge in [-0.3, -0.25) is 4.98 Å². The molecule has 3 heteroatoms. The van der Waals surface area contributed by atoms with Crippen molar-refractivity contribution in [2.24, 2.45) is 0 Å². The summed E-state index contributed by atoms with van der Waals surface area (Å²) in [5.74, 6) is 0. The summed E-state index contributed by atoms with van der Waals surface area (Å²) >= 11 is 0. The maximum atomic E-state index is 6.01. The zero-order valence-electron chi connectivity index (χ0n) is 12.2. The van der Waals surface area contributed by atoms with Crippen LogP contribution < -0.4 is 10.6 Å². The van der Waals surface area contributed by atoms with Crippen LogP contribution in [0.1, 0.15) is 5.56 Å². The van der Waals surface area contributed by atoms with Crippen molar-refractivity contribution >= 4 is 22.3 Å². The second kappa shape index (κ2) is 5.83. The fraction of sp³-hybridized carbons (Fsp3) is 0.167. The number of aromatic nitrogens is 1. The number of anilines is 2. The van der Waals surface area contributed by atoms with E-state index in [2.05, 4.69) is 47.3 Å². The first-order valence-corrected chi connectivity index (χ1v) is 7.14. The van der Waals surface area contributed by atoms with E-state index in [4.69, 9.17) is 5.73 Å². The summed E-state index contributed by atoms with van der Waals surface area (Å²) in [6, 6.07) is 18.5. The van der Waals surface area contributed by atoms with Crippen LogP contribution >= 0.6 is 0 Å². The van der Waals surface area contributed by atoms with Crippen molar-refractivity contribution < 1.29 is 0 Å². The number of nitrogen functional groups attached to an aromatic ring is 1. The minimum absolute atomic E-state index is 0.728. The second-order valence-electron chi connectivity index (χ2n) is 5.23. The summed E-state index contributed by atoms with van der Waals surface area (Å²) in [6.07, 6.45) is 2.84. The highest BCUT2D eigenvalue weighted by Gasteiger charge is 2.08. The standard InChI is InChI=1S/C18H19N3/c1-21(13-11-14-6-3-2-4-7-14)17-10-12-20-18-15(17)8-5-9-16(18)19/h2-10,12H,11,13,19H2,1H3. The molecule has 0 spiro atoms. The minimum atomic E-state index is 0.728. The number of pyridine rings is 1. The number of rotatable bonds is 4. The number of hydrogen-bond acceptors (Lipinski definition) is 3. The molecule has 3 rings (SSSR count). The van der Waals surface area contributed by atoms with Crippen molar-refractivity contribution in [3.8, 4) is 0 Å². The van der Waals surface area contributed by atoms with E-state index in [1.807, 2.05) is 30.5 Å². The lowest BCUT2D eigenvalue weighted by atomic mass is 10.1. The smallest absolute Gasteiger partial charge is 0.0951 e. The van der Waals surface area contributed by atoms with Crippen LogP contribution in [0, 0.1) is 0 Å². The Labute approximate surface area is 125 Å². The molecule has 106 valence electrons. The molecule has 0 fully saturated rings. The Morgan fingerprint density at radius 1 is 1.00 bits per heavy atom. The van der Waals surface area contributed by atoms with Crippen LogP contribution in [0.2, 0.25) is 0 Å². The first-order chi connectivity index (χ1) is 10.3. The molecule has 0 amide bonds. The molecular formula is C18H19N3. The molecule has 1 aromatic heterocycles. The summed E-state index contributed by atoms with van der Waals surface area (Å²) in [5, 5.41) is 1.10. The average molecular weight is 277 g/mol. The highest BCUT2D eigenvalue weighted by atomic mass is 15.1. The Morgan fingerprint density at radius 3 is 2.62 bits per heavy atom. The summed E-state index contributed by atoms with van der Waals surface area (Å²) < 4.78 is 0. The van der Waals surface area contributed by atoms with Gasteiger partial charge in [0, 0.05) is 30.9 Å². The van der Waals surface area contributed by atoms with E-state index in [0.717, 1.165) is 29.6 Å². The van der Waals surface area contributed by atoms with Gasteiger partial charge in [0.15, 0.2) is 0 Å². The summed E-state index contributed by atoms with van der Waals surface area (Å²) in [4.78, 5) is 6.65. The quantitative estimate of drug-likeness (QED) is 0.742. The van der Waals surface area contributed by atoms with Crippen LogP contribution in [-0.4, -0.2) is 18.6 Å². The first kappa shape index (κ1) is 13.4. The predicted molar refractivity (Wildman–Crippen MR) is 89.6 cm³/mol. The Kier molecular flexibility index (Phi) is 3.73. The van der Waals surface area contributed by atoms with Gasteiger partial charge in [-0.2, -0.15) is 0 Å². The van der Waals surface area contributed by atoms with Gasteiger partial charge < -0.3 is 10.6 Å². The van der Waals surface area contributed by atoms with Gasteiger partial charge in [0.2, 0.25) is 0 Å². The molecule has 2 aromatic carbocycles. The number of benzene rings is 2. The molecule has 0 aliphatic rings. The summed E-state index contributed by atoms with van der Waals surface area (Å²) in [5.41, 5.74) is 10.1. The molecule has 21 heavy (non-hydrogen) atoms. The molecule has 1 heterocycles. The fourth-order valence-electron chi connectivity index (χ4n) is 2.58. The van der Waals surface area contributed by atoms with E-state index in [0.29, 0.717) is 0 Å². The normalized spacial score (nSPS) is 10.7. The molecule has 0 saturated heterocycles. The van der Waals surface area contributed by atoms with E-state index >= 15 is 0 Å². The lowest BCUT2D eigenvalue weighted by Gasteiger charge is -2.21. The molecule has 3 aromatic rings. The highest BCUT2D eigenvalue weighted by Crippen LogP contribution is 2.27. The Bertz CT molecular complexity index is 738. The van der Waals surface area contributed by atoms with Gasteiger partial charge in [0.05, 0.1) is 11.2 Å². The molecule has 0 aliphatic carbocycles. The van der Waals surface area contributed by atoms with E-state index < -0.39 is 0 Å². The third kappa shape index (κ3) is 2.82. The van der Waals surface area contributed by atoms with Crippen LogP contribution in [0.5, 0.6) is 0 Å². The molecule has 3 nitrogen and oxygen atoms in total. The minimum Gasteiger partial charge on any atom is -0.397 e. The zero-order valence-corrected chi connectivity index (χ0v) is 12.2. The van der Waals surface area contributed by atoms with E-state index in [-0.39, 0.29) is 0 Å². The lowest BCUT2D eigenvalue weighted by Crippen LogP contribution is -2.20.